The molecule has 2 aromatic rings. The number of halogens is 1. The van der Waals surface area contributed by atoms with Crippen LogP contribution in [0.25, 0.3) is 5.76 Å². The molecule has 0 spiro atoms. The minimum absolute atomic E-state index is 0.0535. The van der Waals surface area contributed by atoms with Gasteiger partial charge >= 0.3 is 5.70 Å². The second-order valence-electron chi connectivity index (χ2n) is 5.53. The molecule has 1 aliphatic heterocycles. The lowest BCUT2D eigenvalue weighted by atomic mass is 9.85. The first-order chi connectivity index (χ1) is 12.6. The van der Waals surface area contributed by atoms with Gasteiger partial charge in [0, 0.05) is 12.6 Å². The van der Waals surface area contributed by atoms with E-state index in [9.17, 15) is 19.8 Å². The molecule has 1 aliphatic rings. The van der Waals surface area contributed by atoms with Crippen LogP contribution in [0, 0.1) is 27.3 Å². The highest BCUT2D eigenvalue weighted by Crippen LogP contribution is 2.42. The maximum Gasteiger partial charge on any atom is 0.318 e. The Bertz CT molecular complexity index is 944. The van der Waals surface area contributed by atoms with E-state index >= 15 is 0 Å². The van der Waals surface area contributed by atoms with Gasteiger partial charge in [-0.1, -0.05) is 42.5 Å². The Morgan fingerprint density at radius 1 is 1.19 bits per heavy atom. The fourth-order valence-corrected chi connectivity index (χ4v) is 2.87. The Morgan fingerprint density at radius 3 is 2.38 bits per heavy atom. The summed E-state index contributed by atoms with van der Waals surface area (Å²) >= 11 is 0. The number of benzene rings is 2. The van der Waals surface area contributed by atoms with E-state index in [0.717, 1.165) is 0 Å². The molecule has 0 aliphatic carbocycles. The first-order valence-corrected chi connectivity index (χ1v) is 7.76. The van der Waals surface area contributed by atoms with Crippen molar-refractivity contribution in [1.82, 2.24) is 5.32 Å². The van der Waals surface area contributed by atoms with Crippen molar-refractivity contribution in [1.29, 1.82) is 5.26 Å². The Balaban J connectivity index is 2.27. The molecule has 3 rings (SSSR count). The smallest absolute Gasteiger partial charge is 0.318 e. The molecule has 1 heterocycles. The van der Waals surface area contributed by atoms with Crippen molar-refractivity contribution in [3.8, 4) is 6.07 Å². The molecule has 0 radical (unpaired) electrons. The predicted molar refractivity (Wildman–Crippen MR) is 92.3 cm³/mol. The second-order valence-corrected chi connectivity index (χ2v) is 5.53. The van der Waals surface area contributed by atoms with E-state index in [0.29, 0.717) is 11.1 Å². The van der Waals surface area contributed by atoms with E-state index in [4.69, 9.17) is 4.74 Å². The fraction of sp³-hybridized carbons (Fsp3) is 0.105. The summed E-state index contributed by atoms with van der Waals surface area (Å²) < 4.78 is 19.0. The van der Waals surface area contributed by atoms with Crippen molar-refractivity contribution >= 4 is 5.76 Å². The van der Waals surface area contributed by atoms with Gasteiger partial charge in [-0.15, -0.1) is 0 Å². The number of allylic oxidation sites excluding steroid dienone is 1. The number of ether oxygens (including phenoxy) is 1. The van der Waals surface area contributed by atoms with Gasteiger partial charge in [0.25, 0.3) is 5.88 Å². The van der Waals surface area contributed by atoms with E-state index in [1.54, 1.807) is 24.3 Å². The van der Waals surface area contributed by atoms with Crippen LogP contribution in [0.2, 0.25) is 0 Å². The Morgan fingerprint density at radius 2 is 1.85 bits per heavy atom. The molecule has 26 heavy (non-hydrogen) atoms. The van der Waals surface area contributed by atoms with Crippen LogP contribution in [0.15, 0.2) is 71.8 Å². The van der Waals surface area contributed by atoms with E-state index in [-0.39, 0.29) is 22.9 Å². The van der Waals surface area contributed by atoms with Gasteiger partial charge in [-0.25, -0.2) is 4.39 Å². The summed E-state index contributed by atoms with van der Waals surface area (Å²) in [5.74, 6) is -1.27. The van der Waals surface area contributed by atoms with Crippen molar-refractivity contribution < 1.29 is 14.1 Å². The molecular weight excluding hydrogens is 337 g/mol. The van der Waals surface area contributed by atoms with Crippen molar-refractivity contribution in [3.63, 3.8) is 0 Å². The van der Waals surface area contributed by atoms with E-state index in [1.165, 1.54) is 31.3 Å². The van der Waals surface area contributed by atoms with E-state index < -0.39 is 16.7 Å². The molecule has 6 nitrogen and oxygen atoms in total. The molecular formula is C19H14FN3O3. The van der Waals surface area contributed by atoms with Gasteiger partial charge in [0.1, 0.15) is 11.7 Å². The van der Waals surface area contributed by atoms with Crippen LogP contribution < -0.4 is 5.32 Å². The molecule has 0 fully saturated rings. The number of hydrogen-bond donors (Lipinski definition) is 1. The molecule has 0 unspecified atom stereocenters. The first kappa shape index (κ1) is 17.2. The average Bonchev–Trinajstić information content (AvgIpc) is 2.67. The molecule has 7 heteroatoms. The molecule has 130 valence electrons. The number of hydrogen-bond acceptors (Lipinski definition) is 5. The monoisotopic (exact) mass is 351 g/mol. The third-order valence-corrected chi connectivity index (χ3v) is 4.03. The standard InChI is InChI=1S/C19H14FN3O3/c1-22-19-17(23(24)25)16(12-7-9-14(20)10-8-12)15(11-21)18(26-19)13-5-3-2-4-6-13/h2-10,16,22H,1H3/t16-/m1/s1. The quantitative estimate of drug-likeness (QED) is 0.672. The van der Waals surface area contributed by atoms with Crippen molar-refractivity contribution in [3.05, 3.63) is 98.8 Å². The van der Waals surface area contributed by atoms with Gasteiger partial charge in [-0.2, -0.15) is 5.26 Å². The highest BCUT2D eigenvalue weighted by molar-refractivity contribution is 5.72. The van der Waals surface area contributed by atoms with E-state index in [1.807, 2.05) is 12.1 Å². The number of rotatable bonds is 4. The van der Waals surface area contributed by atoms with Gasteiger partial charge in [-0.05, 0) is 17.7 Å². The van der Waals surface area contributed by atoms with Gasteiger partial charge in [0.05, 0.1) is 16.6 Å². The van der Waals surface area contributed by atoms with Crippen molar-refractivity contribution in [2.24, 2.45) is 0 Å². The van der Waals surface area contributed by atoms with Gasteiger partial charge < -0.3 is 10.1 Å². The molecule has 0 saturated carbocycles. The zero-order chi connectivity index (χ0) is 18.7. The lowest BCUT2D eigenvalue weighted by Gasteiger charge is -2.25. The first-order valence-electron chi connectivity index (χ1n) is 7.76. The molecule has 2 aromatic carbocycles. The third-order valence-electron chi connectivity index (χ3n) is 4.03. The predicted octanol–water partition coefficient (Wildman–Crippen LogP) is 3.54. The maximum absolute atomic E-state index is 13.3. The largest absolute Gasteiger partial charge is 0.434 e. The van der Waals surface area contributed by atoms with Crippen molar-refractivity contribution in [2.45, 2.75) is 5.92 Å². The SMILES string of the molecule is CNC1=C([N+](=O)[O-])[C@H](c2ccc(F)cc2)C(C#N)=C(c2ccccc2)O1. The Hall–Kier alpha value is -3.66. The summed E-state index contributed by atoms with van der Waals surface area (Å²) in [6.07, 6.45) is 0. The van der Waals surface area contributed by atoms with Crippen LogP contribution in [0.1, 0.15) is 17.0 Å². The summed E-state index contributed by atoms with van der Waals surface area (Å²) in [6, 6.07) is 16.2. The summed E-state index contributed by atoms with van der Waals surface area (Å²) in [4.78, 5) is 11.1. The fourth-order valence-electron chi connectivity index (χ4n) is 2.87. The van der Waals surface area contributed by atoms with Gasteiger partial charge in [-0.3, -0.25) is 10.1 Å². The highest BCUT2D eigenvalue weighted by Gasteiger charge is 2.41. The summed E-state index contributed by atoms with van der Waals surface area (Å²) in [7, 11) is 1.50. The van der Waals surface area contributed by atoms with Crippen molar-refractivity contribution in [2.75, 3.05) is 7.05 Å². The molecule has 0 bridgehead atoms. The van der Waals surface area contributed by atoms with Crippen LogP contribution in [-0.2, 0) is 4.74 Å². The third kappa shape index (κ3) is 3.00. The normalized spacial score (nSPS) is 16.7. The summed E-state index contributed by atoms with van der Waals surface area (Å²) in [6.45, 7) is 0. The number of nitro groups is 1. The topological polar surface area (TPSA) is 88.2 Å². The van der Waals surface area contributed by atoms with Gasteiger partial charge in [0.2, 0.25) is 0 Å². The van der Waals surface area contributed by atoms with Crippen LogP contribution in [0.5, 0.6) is 0 Å². The second kappa shape index (κ2) is 7.07. The van der Waals surface area contributed by atoms with Crippen LogP contribution in [0.4, 0.5) is 4.39 Å². The van der Waals surface area contributed by atoms with E-state index in [2.05, 4.69) is 5.32 Å². The molecule has 1 N–H and O–H groups in total. The Kier molecular flexibility index (Phi) is 4.67. The minimum atomic E-state index is -0.984. The zero-order valence-electron chi connectivity index (χ0n) is 13.8. The van der Waals surface area contributed by atoms with Crippen LogP contribution >= 0.6 is 0 Å². The maximum atomic E-state index is 13.3. The lowest BCUT2D eigenvalue weighted by molar-refractivity contribution is -0.433. The molecule has 0 aromatic heterocycles. The average molecular weight is 351 g/mol. The zero-order valence-corrected chi connectivity index (χ0v) is 13.8. The minimum Gasteiger partial charge on any atom is -0.434 e. The number of nitrogens with one attached hydrogen (secondary N) is 1. The summed E-state index contributed by atoms with van der Waals surface area (Å²) in [5, 5.41) is 24.1. The highest BCUT2D eigenvalue weighted by atomic mass is 19.1. The van der Waals surface area contributed by atoms with Crippen LogP contribution in [0.3, 0.4) is 0 Å². The summed E-state index contributed by atoms with van der Waals surface area (Å²) in [5.41, 5.74) is 0.842. The number of nitriles is 1. The molecule has 0 amide bonds. The van der Waals surface area contributed by atoms with Crippen LogP contribution in [-0.4, -0.2) is 12.0 Å². The van der Waals surface area contributed by atoms with Gasteiger partial charge in [0.15, 0.2) is 5.76 Å². The number of nitrogens with zero attached hydrogens (tertiary/aromatic N) is 2. The lowest BCUT2D eigenvalue weighted by Crippen LogP contribution is -2.26. The Labute approximate surface area is 149 Å². The molecule has 0 saturated heterocycles. The molecule has 1 atom stereocenters.